The van der Waals surface area contributed by atoms with Crippen LogP contribution in [0, 0.1) is 5.95 Å². The topological polar surface area (TPSA) is 71.1 Å². The number of allylic oxidation sites excluding steroid dienone is 2. The van der Waals surface area contributed by atoms with Gasteiger partial charge in [0.2, 0.25) is 17.7 Å². The quantitative estimate of drug-likeness (QED) is 0.109. The van der Waals surface area contributed by atoms with E-state index in [1.807, 2.05) is 67.9 Å². The first-order valence-corrected chi connectivity index (χ1v) is 13.9. The van der Waals surface area contributed by atoms with E-state index >= 15 is 0 Å². The van der Waals surface area contributed by atoms with Crippen LogP contribution in [0.5, 0.6) is 5.88 Å². The second kappa shape index (κ2) is 14.2. The Labute approximate surface area is 235 Å². The molecule has 2 heterocycles. The minimum atomic E-state index is -0.443. The Morgan fingerprint density at radius 3 is 2.55 bits per heavy atom. The van der Waals surface area contributed by atoms with E-state index in [9.17, 15) is 9.18 Å². The van der Waals surface area contributed by atoms with Crippen LogP contribution in [0.1, 0.15) is 62.6 Å². The smallest absolute Gasteiger partial charge is 0.245 e. The average molecular weight is 541 g/mol. The Balaban J connectivity index is 1.46. The summed E-state index contributed by atoms with van der Waals surface area (Å²) in [5.74, 6) is 0.162. The molecule has 0 radical (unpaired) electrons. The lowest BCUT2D eigenvalue weighted by Crippen LogP contribution is -2.25. The number of hydrogen-bond acceptors (Lipinski definition) is 4. The van der Waals surface area contributed by atoms with E-state index in [1.165, 1.54) is 0 Å². The predicted octanol–water partition coefficient (Wildman–Crippen LogP) is 7.44. The molecule has 40 heavy (non-hydrogen) atoms. The largest absolute Gasteiger partial charge is 0.478 e. The highest BCUT2D eigenvalue weighted by Gasteiger charge is 2.16. The first-order chi connectivity index (χ1) is 19.5. The third-order valence-electron chi connectivity index (χ3n) is 6.81. The first-order valence-electron chi connectivity index (χ1n) is 13.9. The molecule has 0 bridgehead atoms. The second-order valence-corrected chi connectivity index (χ2v) is 9.73. The van der Waals surface area contributed by atoms with Crippen LogP contribution in [0.25, 0.3) is 22.0 Å². The van der Waals surface area contributed by atoms with E-state index in [0.29, 0.717) is 23.4 Å². The Morgan fingerprint density at radius 1 is 1.02 bits per heavy atom. The number of halogens is 1. The molecule has 7 heteroatoms. The number of nitrogens with zero attached hydrogens (tertiary/aromatic N) is 3. The van der Waals surface area contributed by atoms with Gasteiger partial charge in [0.1, 0.15) is 0 Å². The number of fused-ring (bicyclic) bond motifs is 1. The molecule has 0 saturated carbocycles. The van der Waals surface area contributed by atoms with E-state index in [4.69, 9.17) is 4.74 Å². The van der Waals surface area contributed by atoms with Crippen molar-refractivity contribution in [1.29, 1.82) is 0 Å². The number of hydrogen-bond donors (Lipinski definition) is 1. The number of ether oxygens (including phenoxy) is 1. The van der Waals surface area contributed by atoms with Crippen molar-refractivity contribution in [3.63, 3.8) is 0 Å². The number of likely N-dealkylation sites (N-methyl/N-ethyl adjacent to an activating group) is 1. The Hall–Kier alpha value is -4.26. The van der Waals surface area contributed by atoms with E-state index in [2.05, 4.69) is 41.2 Å². The third kappa shape index (κ3) is 7.23. The molecule has 0 aliphatic heterocycles. The number of rotatable bonds is 13. The number of unbranched alkanes of at least 4 members (excludes halogenated alkanes) is 2. The predicted molar refractivity (Wildman–Crippen MR) is 159 cm³/mol. The van der Waals surface area contributed by atoms with Crippen LogP contribution in [-0.2, 0) is 4.79 Å². The molecule has 0 aliphatic carbocycles. The molecular weight excluding hydrogens is 503 g/mol. The van der Waals surface area contributed by atoms with Crippen molar-refractivity contribution in [2.45, 2.75) is 46.0 Å². The summed E-state index contributed by atoms with van der Waals surface area (Å²) in [6.45, 7) is 5.50. The average Bonchev–Trinajstić information content (AvgIpc) is 3.36. The van der Waals surface area contributed by atoms with Crippen LogP contribution in [0.2, 0.25) is 0 Å². The summed E-state index contributed by atoms with van der Waals surface area (Å²) < 4.78 is 20.3. The molecule has 0 aliphatic rings. The maximum Gasteiger partial charge on any atom is 0.245 e. The van der Waals surface area contributed by atoms with Crippen molar-refractivity contribution in [3.8, 4) is 5.88 Å². The zero-order valence-corrected chi connectivity index (χ0v) is 23.5. The molecule has 2 aromatic heterocycles. The van der Waals surface area contributed by atoms with Gasteiger partial charge in [0, 0.05) is 31.4 Å². The molecule has 2 aromatic carbocycles. The van der Waals surface area contributed by atoms with E-state index in [1.54, 1.807) is 11.0 Å². The summed E-state index contributed by atoms with van der Waals surface area (Å²) >= 11 is 0. The highest BCUT2D eigenvalue weighted by Crippen LogP contribution is 2.35. The van der Waals surface area contributed by atoms with Crippen LogP contribution >= 0.6 is 0 Å². The lowest BCUT2D eigenvalue weighted by atomic mass is 9.88. The van der Waals surface area contributed by atoms with Gasteiger partial charge in [0.05, 0.1) is 17.5 Å². The minimum absolute atomic E-state index is 0.0455. The van der Waals surface area contributed by atoms with Crippen molar-refractivity contribution < 1.29 is 13.9 Å². The fraction of sp³-hybridized carbons (Fsp3) is 0.303. The van der Waals surface area contributed by atoms with Gasteiger partial charge >= 0.3 is 0 Å². The SMILES string of the molecule is CCCN(C)C(=O)/C=C/CCCCOc1ccc(/C(=C(/CC)c2ccccc2)c2ccc3n[nH]c(F)c3c2)cn1. The number of pyridine rings is 1. The fourth-order valence-corrected chi connectivity index (χ4v) is 4.73. The maximum absolute atomic E-state index is 14.4. The minimum Gasteiger partial charge on any atom is -0.478 e. The number of aromatic nitrogens is 3. The van der Waals surface area contributed by atoms with Gasteiger partial charge < -0.3 is 9.64 Å². The molecule has 0 atom stereocenters. The Bertz CT molecular complexity index is 1460. The molecule has 1 amide bonds. The van der Waals surface area contributed by atoms with E-state index in [-0.39, 0.29) is 5.91 Å². The normalized spacial score (nSPS) is 12.1. The zero-order valence-electron chi connectivity index (χ0n) is 23.5. The summed E-state index contributed by atoms with van der Waals surface area (Å²) in [6, 6.07) is 19.8. The summed E-state index contributed by atoms with van der Waals surface area (Å²) in [4.78, 5) is 18.3. The summed E-state index contributed by atoms with van der Waals surface area (Å²) in [5, 5.41) is 6.92. The lowest BCUT2D eigenvalue weighted by Gasteiger charge is -2.16. The molecule has 208 valence electrons. The van der Waals surface area contributed by atoms with E-state index in [0.717, 1.165) is 66.5 Å². The van der Waals surface area contributed by atoms with E-state index < -0.39 is 5.95 Å². The summed E-state index contributed by atoms with van der Waals surface area (Å²) in [6.07, 6.45) is 9.77. The molecule has 0 spiro atoms. The number of aromatic amines is 1. The van der Waals surface area contributed by atoms with Gasteiger partial charge in [-0.15, -0.1) is 0 Å². The molecule has 4 aromatic rings. The summed E-state index contributed by atoms with van der Waals surface area (Å²) in [7, 11) is 1.82. The third-order valence-corrected chi connectivity index (χ3v) is 6.81. The van der Waals surface area contributed by atoms with Crippen molar-refractivity contribution in [3.05, 3.63) is 102 Å². The monoisotopic (exact) mass is 540 g/mol. The van der Waals surface area contributed by atoms with Gasteiger partial charge in [-0.1, -0.05) is 56.3 Å². The fourth-order valence-electron chi connectivity index (χ4n) is 4.73. The standard InChI is InChI=1S/C33H37FN4O2/c1-4-20-38(3)31(39)15-11-6-7-12-21-40-30-19-17-26(23-35-30)32(27(5-2)24-13-9-8-10-14-24)25-16-18-29-28(22-25)33(34)37-36-29/h8-11,13-19,22-23H,4-7,12,20-21H2,1-3H3,(H,36,37)/b15-11+,32-27-. The number of carbonyl (C=O) groups is 1. The zero-order chi connectivity index (χ0) is 28.3. The van der Waals surface area contributed by atoms with Crippen LogP contribution in [-0.4, -0.2) is 46.2 Å². The Morgan fingerprint density at radius 2 is 1.82 bits per heavy atom. The highest BCUT2D eigenvalue weighted by atomic mass is 19.1. The molecule has 0 saturated heterocycles. The van der Waals surface area contributed by atoms with Gasteiger partial charge in [-0.3, -0.25) is 9.89 Å². The molecule has 4 rings (SSSR count). The molecule has 1 N–H and O–H groups in total. The first kappa shape index (κ1) is 28.7. The lowest BCUT2D eigenvalue weighted by molar-refractivity contribution is -0.124. The van der Waals surface area contributed by atoms with Crippen LogP contribution in [0.3, 0.4) is 0 Å². The highest BCUT2D eigenvalue weighted by molar-refractivity contribution is 6.00. The second-order valence-electron chi connectivity index (χ2n) is 9.73. The van der Waals surface area contributed by atoms with Gasteiger partial charge in [-0.2, -0.15) is 9.49 Å². The summed E-state index contributed by atoms with van der Waals surface area (Å²) in [5.41, 5.74) is 5.68. The van der Waals surface area contributed by atoms with Crippen molar-refractivity contribution in [2.24, 2.45) is 0 Å². The number of H-pyrrole nitrogens is 1. The number of nitrogens with one attached hydrogen (secondary N) is 1. The molecule has 6 nitrogen and oxygen atoms in total. The number of benzene rings is 2. The molecular formula is C33H37FN4O2. The molecule has 0 fully saturated rings. The van der Waals surface area contributed by atoms with Crippen LogP contribution in [0.4, 0.5) is 4.39 Å². The van der Waals surface area contributed by atoms with Gasteiger partial charge in [0.15, 0.2) is 0 Å². The Kier molecular flexibility index (Phi) is 10.2. The van der Waals surface area contributed by atoms with Crippen LogP contribution in [0.15, 0.2) is 79.0 Å². The van der Waals surface area contributed by atoms with Crippen molar-refractivity contribution >= 4 is 28.0 Å². The number of amides is 1. The van der Waals surface area contributed by atoms with Gasteiger partial charge in [0.25, 0.3) is 0 Å². The number of carbonyl (C=O) groups excluding carboxylic acids is 1. The van der Waals surface area contributed by atoms with Crippen molar-refractivity contribution in [2.75, 3.05) is 20.2 Å². The molecule has 0 unspecified atom stereocenters. The van der Waals surface area contributed by atoms with Gasteiger partial charge in [-0.25, -0.2) is 4.98 Å². The maximum atomic E-state index is 14.4. The van der Waals surface area contributed by atoms with Crippen molar-refractivity contribution in [1.82, 2.24) is 20.1 Å². The van der Waals surface area contributed by atoms with Gasteiger partial charge in [-0.05, 0) is 78.7 Å². The van der Waals surface area contributed by atoms with Crippen LogP contribution < -0.4 is 4.74 Å².